The molecule has 0 aliphatic heterocycles. The molecule has 0 unspecified atom stereocenters. The second kappa shape index (κ2) is 11.1. The molecule has 0 amide bonds. The smallest absolute Gasteiger partial charge is 0.343 e. The lowest BCUT2D eigenvalue weighted by Gasteiger charge is -2.19. The van der Waals surface area contributed by atoms with Crippen molar-refractivity contribution >= 4 is 17.8 Å². The summed E-state index contributed by atoms with van der Waals surface area (Å²) in [5, 5.41) is 0. The van der Waals surface area contributed by atoms with Crippen molar-refractivity contribution in [2.45, 2.75) is 26.2 Å². The van der Waals surface area contributed by atoms with Gasteiger partial charge in [0.05, 0.1) is 12.7 Å². The van der Waals surface area contributed by atoms with Gasteiger partial charge in [-0.05, 0) is 58.0 Å². The van der Waals surface area contributed by atoms with Crippen LogP contribution in [0.15, 0.2) is 103 Å². The number of hydrogen-bond donors (Lipinski definition) is 0. The first-order valence-electron chi connectivity index (χ1n) is 12.1. The standard InChI is InChI=1S/C33H30O4/c1-33(2,3)28-18-16-27(17-19-28)32(35)37-30-21-11-23(22-31(30)36-4)10-20-29(34)26-14-12-25(13-15-26)24-8-6-5-7-9-24/h5-22H,1-4H3/b20-10+. The minimum Gasteiger partial charge on any atom is -0.493 e. The normalized spacial score (nSPS) is 11.4. The van der Waals surface area contributed by atoms with Gasteiger partial charge in [0.1, 0.15) is 0 Å². The summed E-state index contributed by atoms with van der Waals surface area (Å²) in [6.45, 7) is 6.36. The molecule has 37 heavy (non-hydrogen) atoms. The summed E-state index contributed by atoms with van der Waals surface area (Å²) < 4.78 is 11.0. The van der Waals surface area contributed by atoms with E-state index in [0.29, 0.717) is 22.6 Å². The van der Waals surface area contributed by atoms with Gasteiger partial charge in [-0.2, -0.15) is 0 Å². The van der Waals surface area contributed by atoms with Gasteiger partial charge < -0.3 is 9.47 Å². The van der Waals surface area contributed by atoms with E-state index in [-0.39, 0.29) is 11.2 Å². The maximum atomic E-state index is 12.7. The number of ketones is 1. The molecule has 0 radical (unpaired) electrons. The van der Waals surface area contributed by atoms with Crippen LogP contribution in [-0.2, 0) is 5.41 Å². The number of carbonyl (C=O) groups is 2. The van der Waals surface area contributed by atoms with E-state index >= 15 is 0 Å². The van der Waals surface area contributed by atoms with Crippen molar-refractivity contribution in [1.29, 1.82) is 0 Å². The molecule has 4 nitrogen and oxygen atoms in total. The molecule has 0 saturated carbocycles. The number of allylic oxidation sites excluding steroid dienone is 1. The van der Waals surface area contributed by atoms with E-state index in [4.69, 9.17) is 9.47 Å². The zero-order chi connectivity index (χ0) is 26.4. The number of hydrogen-bond acceptors (Lipinski definition) is 4. The first-order valence-corrected chi connectivity index (χ1v) is 12.1. The molecule has 0 aliphatic carbocycles. The van der Waals surface area contributed by atoms with Crippen molar-refractivity contribution in [2.24, 2.45) is 0 Å². The zero-order valence-corrected chi connectivity index (χ0v) is 21.5. The predicted molar refractivity (Wildman–Crippen MR) is 148 cm³/mol. The minimum absolute atomic E-state index is 0.00198. The molecule has 186 valence electrons. The summed E-state index contributed by atoms with van der Waals surface area (Å²) in [6, 6.07) is 30.1. The van der Waals surface area contributed by atoms with Crippen LogP contribution in [0.1, 0.15) is 52.6 Å². The second-order valence-corrected chi connectivity index (χ2v) is 9.77. The number of benzene rings is 4. The van der Waals surface area contributed by atoms with E-state index in [2.05, 4.69) is 20.8 Å². The molecular weight excluding hydrogens is 460 g/mol. The summed E-state index contributed by atoms with van der Waals surface area (Å²) in [5.74, 6) is 0.151. The Balaban J connectivity index is 1.43. The molecule has 4 heteroatoms. The molecule has 0 saturated heterocycles. The minimum atomic E-state index is -0.462. The Morgan fingerprint density at radius 3 is 1.95 bits per heavy atom. The van der Waals surface area contributed by atoms with Crippen LogP contribution in [0.25, 0.3) is 17.2 Å². The lowest BCUT2D eigenvalue weighted by atomic mass is 9.87. The average molecular weight is 491 g/mol. The molecule has 0 atom stereocenters. The van der Waals surface area contributed by atoms with Gasteiger partial charge in [-0.1, -0.05) is 99.6 Å². The zero-order valence-electron chi connectivity index (χ0n) is 21.5. The predicted octanol–water partition coefficient (Wildman–Crippen LogP) is 7.78. The lowest BCUT2D eigenvalue weighted by molar-refractivity contribution is 0.0729. The Morgan fingerprint density at radius 2 is 1.32 bits per heavy atom. The van der Waals surface area contributed by atoms with Gasteiger partial charge in [0, 0.05) is 5.56 Å². The SMILES string of the molecule is COc1cc(/C=C/C(=O)c2ccc(-c3ccccc3)cc2)ccc1OC(=O)c1ccc(C(C)(C)C)cc1. The van der Waals surface area contributed by atoms with Crippen molar-refractivity contribution in [3.63, 3.8) is 0 Å². The highest BCUT2D eigenvalue weighted by Gasteiger charge is 2.16. The molecule has 0 fully saturated rings. The van der Waals surface area contributed by atoms with Crippen molar-refractivity contribution in [3.05, 3.63) is 125 Å². The molecule has 0 N–H and O–H groups in total. The maximum Gasteiger partial charge on any atom is 0.343 e. The van der Waals surface area contributed by atoms with Crippen LogP contribution in [-0.4, -0.2) is 18.9 Å². The second-order valence-electron chi connectivity index (χ2n) is 9.77. The number of rotatable bonds is 7. The summed E-state index contributed by atoms with van der Waals surface area (Å²) >= 11 is 0. The van der Waals surface area contributed by atoms with E-state index in [0.717, 1.165) is 22.3 Å². The first-order chi connectivity index (χ1) is 17.7. The van der Waals surface area contributed by atoms with Crippen LogP contribution >= 0.6 is 0 Å². The van der Waals surface area contributed by atoms with Crippen LogP contribution < -0.4 is 9.47 Å². The van der Waals surface area contributed by atoms with E-state index in [1.54, 1.807) is 36.4 Å². The Bertz CT molecular complexity index is 1410. The van der Waals surface area contributed by atoms with Crippen LogP contribution in [0.2, 0.25) is 0 Å². The fourth-order valence-corrected chi connectivity index (χ4v) is 3.86. The largest absolute Gasteiger partial charge is 0.493 e. The van der Waals surface area contributed by atoms with Crippen molar-refractivity contribution in [2.75, 3.05) is 7.11 Å². The molecule has 4 aromatic carbocycles. The van der Waals surface area contributed by atoms with Gasteiger partial charge in [-0.25, -0.2) is 4.79 Å². The van der Waals surface area contributed by atoms with Gasteiger partial charge >= 0.3 is 5.97 Å². The molecular formula is C33H30O4. The van der Waals surface area contributed by atoms with Crippen LogP contribution in [0.3, 0.4) is 0 Å². The van der Waals surface area contributed by atoms with E-state index in [1.165, 1.54) is 13.2 Å². The van der Waals surface area contributed by atoms with Crippen molar-refractivity contribution in [1.82, 2.24) is 0 Å². The summed E-state index contributed by atoms with van der Waals surface area (Å²) in [7, 11) is 1.51. The number of carbonyl (C=O) groups excluding carboxylic acids is 2. The Labute approximate surface area is 218 Å². The highest BCUT2D eigenvalue weighted by molar-refractivity contribution is 6.07. The third-order valence-corrected chi connectivity index (χ3v) is 6.08. The fourth-order valence-electron chi connectivity index (χ4n) is 3.86. The number of esters is 1. The average Bonchev–Trinajstić information content (AvgIpc) is 2.92. The molecule has 0 heterocycles. The third kappa shape index (κ3) is 6.42. The Hall–Kier alpha value is -4.44. The molecule has 4 aromatic rings. The molecule has 4 rings (SSSR count). The highest BCUT2D eigenvalue weighted by atomic mass is 16.6. The van der Waals surface area contributed by atoms with Gasteiger partial charge in [0.2, 0.25) is 0 Å². The first kappa shape index (κ1) is 25.6. The van der Waals surface area contributed by atoms with E-state index in [9.17, 15) is 9.59 Å². The van der Waals surface area contributed by atoms with Crippen LogP contribution in [0.4, 0.5) is 0 Å². The van der Waals surface area contributed by atoms with Gasteiger partial charge in [0.15, 0.2) is 17.3 Å². The summed E-state index contributed by atoms with van der Waals surface area (Å²) in [6.07, 6.45) is 3.24. The topological polar surface area (TPSA) is 52.6 Å². The van der Waals surface area contributed by atoms with Crippen molar-refractivity contribution < 1.29 is 19.1 Å². The molecule has 0 aliphatic rings. The fraction of sp³-hybridized carbons (Fsp3) is 0.152. The van der Waals surface area contributed by atoms with E-state index in [1.807, 2.05) is 66.7 Å². The van der Waals surface area contributed by atoms with Crippen molar-refractivity contribution in [3.8, 4) is 22.6 Å². The highest BCUT2D eigenvalue weighted by Crippen LogP contribution is 2.30. The van der Waals surface area contributed by atoms with Crippen LogP contribution in [0.5, 0.6) is 11.5 Å². The molecule has 0 aromatic heterocycles. The van der Waals surface area contributed by atoms with Gasteiger partial charge in [0.25, 0.3) is 0 Å². The quantitative estimate of drug-likeness (QED) is 0.115. The lowest BCUT2D eigenvalue weighted by Crippen LogP contribution is -2.13. The maximum absolute atomic E-state index is 12.7. The number of ether oxygens (including phenoxy) is 2. The van der Waals surface area contributed by atoms with Gasteiger partial charge in [-0.15, -0.1) is 0 Å². The third-order valence-electron chi connectivity index (χ3n) is 6.08. The van der Waals surface area contributed by atoms with E-state index < -0.39 is 5.97 Å². The number of methoxy groups -OCH3 is 1. The van der Waals surface area contributed by atoms with Gasteiger partial charge in [-0.3, -0.25) is 4.79 Å². The molecule has 0 spiro atoms. The summed E-state index contributed by atoms with van der Waals surface area (Å²) in [4.78, 5) is 25.4. The monoisotopic (exact) mass is 490 g/mol. The summed E-state index contributed by atoms with van der Waals surface area (Å²) in [5.41, 5.74) is 5.11. The Kier molecular flexibility index (Phi) is 7.69. The van der Waals surface area contributed by atoms with Crippen LogP contribution in [0, 0.1) is 0 Å². The Morgan fingerprint density at radius 1 is 0.703 bits per heavy atom. The molecule has 0 bridgehead atoms.